The number of benzene rings is 1. The topological polar surface area (TPSA) is 67.1 Å². The number of amides is 1. The van der Waals surface area contributed by atoms with Crippen LogP contribution in [0.1, 0.15) is 53.8 Å². The summed E-state index contributed by atoms with van der Waals surface area (Å²) < 4.78 is 12.5. The molecule has 0 spiro atoms. The van der Waals surface area contributed by atoms with Crippen LogP contribution >= 0.6 is 27.3 Å². The van der Waals surface area contributed by atoms with Crippen LogP contribution in [0.2, 0.25) is 0 Å². The van der Waals surface area contributed by atoms with Crippen molar-refractivity contribution in [2.45, 2.75) is 40.0 Å². The third-order valence-corrected chi connectivity index (χ3v) is 8.76. The molecule has 0 radical (unpaired) electrons. The Morgan fingerprint density at radius 3 is 2.69 bits per heavy atom. The number of para-hydroxylation sites is 1. The second-order valence-electron chi connectivity index (χ2n) is 10.5. The molecule has 1 aliphatic carbocycles. The van der Waals surface area contributed by atoms with Gasteiger partial charge >= 0.3 is 0 Å². The lowest BCUT2D eigenvalue weighted by Gasteiger charge is -2.33. The number of carbonyl (C=O) groups is 1. The van der Waals surface area contributed by atoms with Crippen LogP contribution in [-0.2, 0) is 17.6 Å². The largest absolute Gasteiger partial charge is 0.438 e. The van der Waals surface area contributed by atoms with Crippen LogP contribution in [0.25, 0.3) is 0 Å². The lowest BCUT2D eigenvalue weighted by molar-refractivity contribution is 0.102. The fourth-order valence-corrected chi connectivity index (χ4v) is 6.72. The van der Waals surface area contributed by atoms with Crippen LogP contribution in [0.3, 0.4) is 0 Å². The molecule has 3 aromatic rings. The molecule has 6 nitrogen and oxygen atoms in total. The molecule has 0 saturated carbocycles. The Kier molecular flexibility index (Phi) is 7.37. The van der Waals surface area contributed by atoms with Crippen molar-refractivity contribution < 1.29 is 13.9 Å². The minimum absolute atomic E-state index is 0.102. The summed E-state index contributed by atoms with van der Waals surface area (Å²) in [7, 11) is 0. The summed E-state index contributed by atoms with van der Waals surface area (Å²) in [6, 6.07) is 11.5. The van der Waals surface area contributed by atoms with E-state index in [1.807, 2.05) is 36.4 Å². The Morgan fingerprint density at radius 2 is 1.97 bits per heavy atom. The van der Waals surface area contributed by atoms with Crippen LogP contribution in [0.5, 0.6) is 0 Å². The zero-order chi connectivity index (χ0) is 25.3. The second-order valence-corrected chi connectivity index (χ2v) is 12.4. The van der Waals surface area contributed by atoms with E-state index in [1.165, 1.54) is 4.88 Å². The average molecular weight is 571 g/mol. The number of nitrogens with one attached hydrogen (secondary N) is 1. The number of nitrogens with zero attached hydrogens (tertiary/aromatic N) is 2. The van der Waals surface area contributed by atoms with Crippen molar-refractivity contribution >= 4 is 56.0 Å². The van der Waals surface area contributed by atoms with Crippen molar-refractivity contribution in [1.29, 1.82) is 0 Å². The molecular formula is C28H32BrN3O3S. The summed E-state index contributed by atoms with van der Waals surface area (Å²) in [5.74, 6) is 1.93. The monoisotopic (exact) mass is 569 g/mol. The summed E-state index contributed by atoms with van der Waals surface area (Å²) in [6.07, 6.45) is 4.69. The Bertz CT molecular complexity index is 1250. The zero-order valence-electron chi connectivity index (χ0n) is 21.0. The van der Waals surface area contributed by atoms with Crippen LogP contribution in [-0.4, -0.2) is 38.4 Å². The highest BCUT2D eigenvalue weighted by atomic mass is 79.9. The first-order valence-corrected chi connectivity index (χ1v) is 14.1. The maximum absolute atomic E-state index is 13.5. The Morgan fingerprint density at radius 1 is 1.22 bits per heavy atom. The molecule has 1 aromatic carbocycles. The lowest BCUT2D eigenvalue weighted by atomic mass is 9.72. The normalized spacial score (nSPS) is 18.4. The molecule has 3 heterocycles. The van der Waals surface area contributed by atoms with Crippen LogP contribution < -0.4 is 10.2 Å². The van der Waals surface area contributed by atoms with E-state index in [0.717, 1.165) is 59.0 Å². The number of hydrogen-bond acceptors (Lipinski definition) is 6. The SMILES string of the molecule is CC(C)(C)[C@H]1CCc2c(sc(N=Cc3cc(Br)c(N4CCOCC4)o3)c2C(=O)Nc2ccccc2)C1. The third kappa shape index (κ3) is 5.45. The van der Waals surface area contributed by atoms with Gasteiger partial charge in [0.05, 0.1) is 29.5 Å². The summed E-state index contributed by atoms with van der Waals surface area (Å²) in [6.45, 7) is 9.87. The van der Waals surface area contributed by atoms with Crippen molar-refractivity contribution in [2.24, 2.45) is 16.3 Å². The van der Waals surface area contributed by atoms with Crippen molar-refractivity contribution in [3.05, 3.63) is 62.6 Å². The van der Waals surface area contributed by atoms with E-state index in [2.05, 4.69) is 46.9 Å². The molecule has 1 amide bonds. The summed E-state index contributed by atoms with van der Waals surface area (Å²) in [5.41, 5.74) is 2.86. The van der Waals surface area contributed by atoms with Crippen molar-refractivity contribution in [1.82, 2.24) is 0 Å². The van der Waals surface area contributed by atoms with Crippen LogP contribution in [0, 0.1) is 11.3 Å². The summed E-state index contributed by atoms with van der Waals surface area (Å²) in [5, 5.41) is 3.81. The second kappa shape index (κ2) is 10.5. The predicted octanol–water partition coefficient (Wildman–Crippen LogP) is 7.09. The number of aliphatic imine (C=N–C) groups is 1. The van der Waals surface area contributed by atoms with E-state index in [-0.39, 0.29) is 11.3 Å². The minimum atomic E-state index is -0.102. The molecule has 2 aliphatic rings. The number of furan rings is 1. The maximum Gasteiger partial charge on any atom is 0.259 e. The number of halogens is 1. The number of morpholine rings is 1. The van der Waals surface area contributed by atoms with Gasteiger partial charge in [-0.1, -0.05) is 39.0 Å². The van der Waals surface area contributed by atoms with Gasteiger partial charge in [0.15, 0.2) is 0 Å². The van der Waals surface area contributed by atoms with E-state index in [0.29, 0.717) is 30.5 Å². The molecule has 0 unspecified atom stereocenters. The highest BCUT2D eigenvalue weighted by Gasteiger charge is 2.33. The first kappa shape index (κ1) is 25.2. The molecule has 0 bridgehead atoms. The van der Waals surface area contributed by atoms with E-state index < -0.39 is 0 Å². The molecule has 5 rings (SSSR count). The molecule has 1 atom stereocenters. The van der Waals surface area contributed by atoms with Gasteiger partial charge in [0.25, 0.3) is 5.91 Å². The van der Waals surface area contributed by atoms with Gasteiger partial charge in [-0.2, -0.15) is 0 Å². The summed E-state index contributed by atoms with van der Waals surface area (Å²) in [4.78, 5) is 21.7. The van der Waals surface area contributed by atoms with E-state index >= 15 is 0 Å². The number of thiophene rings is 1. The van der Waals surface area contributed by atoms with Crippen LogP contribution in [0.15, 0.2) is 50.3 Å². The number of anilines is 2. The standard InChI is InChI=1S/C28H32BrN3O3S/c1-28(2,3)18-9-10-21-23(15-18)36-26(24(21)25(33)31-19-7-5-4-6-8-19)30-17-20-16-22(29)27(35-20)32-11-13-34-14-12-32/h4-8,16-18H,9-15H2,1-3H3,(H,31,33)/t18-/m0/s1. The Balaban J connectivity index is 1.46. The third-order valence-electron chi connectivity index (χ3n) is 7.03. The molecular weight excluding hydrogens is 538 g/mol. The Hall–Kier alpha value is -2.42. The fourth-order valence-electron chi connectivity index (χ4n) is 4.90. The molecule has 2 aromatic heterocycles. The molecule has 36 heavy (non-hydrogen) atoms. The molecule has 1 fully saturated rings. The number of fused-ring (bicyclic) bond motifs is 1. The maximum atomic E-state index is 13.5. The van der Waals surface area contributed by atoms with Gasteiger partial charge in [0.1, 0.15) is 10.8 Å². The van der Waals surface area contributed by atoms with Crippen molar-refractivity contribution in [2.75, 3.05) is 36.5 Å². The van der Waals surface area contributed by atoms with E-state index in [1.54, 1.807) is 17.6 Å². The van der Waals surface area contributed by atoms with Gasteiger partial charge in [-0.25, -0.2) is 4.99 Å². The highest BCUT2D eigenvalue weighted by Crippen LogP contribution is 2.45. The zero-order valence-corrected chi connectivity index (χ0v) is 23.4. The predicted molar refractivity (Wildman–Crippen MR) is 150 cm³/mol. The average Bonchev–Trinajstić information content (AvgIpc) is 3.42. The lowest BCUT2D eigenvalue weighted by Crippen LogP contribution is -2.36. The van der Waals surface area contributed by atoms with Crippen molar-refractivity contribution in [3.63, 3.8) is 0 Å². The summed E-state index contributed by atoms with van der Waals surface area (Å²) >= 11 is 5.27. The van der Waals surface area contributed by atoms with E-state index in [9.17, 15) is 4.79 Å². The van der Waals surface area contributed by atoms with Crippen molar-refractivity contribution in [3.8, 4) is 0 Å². The first-order chi connectivity index (χ1) is 17.3. The molecule has 1 N–H and O–H groups in total. The van der Waals surface area contributed by atoms with Gasteiger partial charge in [-0.3, -0.25) is 4.79 Å². The molecule has 8 heteroatoms. The molecule has 1 aliphatic heterocycles. The number of carbonyl (C=O) groups excluding carboxylic acids is 1. The smallest absolute Gasteiger partial charge is 0.259 e. The number of ether oxygens (including phenoxy) is 1. The quantitative estimate of drug-likeness (QED) is 0.333. The first-order valence-electron chi connectivity index (χ1n) is 12.5. The minimum Gasteiger partial charge on any atom is -0.438 e. The fraction of sp³-hybridized carbons (Fsp3) is 0.429. The van der Waals surface area contributed by atoms with E-state index in [4.69, 9.17) is 14.1 Å². The van der Waals surface area contributed by atoms with Crippen LogP contribution in [0.4, 0.5) is 16.6 Å². The van der Waals surface area contributed by atoms with Gasteiger partial charge in [0, 0.05) is 29.7 Å². The Labute approximate surface area is 224 Å². The van der Waals surface area contributed by atoms with Gasteiger partial charge in [-0.05, 0) is 64.2 Å². The van der Waals surface area contributed by atoms with Gasteiger partial charge in [-0.15, -0.1) is 11.3 Å². The molecule has 1 saturated heterocycles. The van der Waals surface area contributed by atoms with Gasteiger partial charge < -0.3 is 19.4 Å². The van der Waals surface area contributed by atoms with Gasteiger partial charge in [0.2, 0.25) is 5.88 Å². The highest BCUT2D eigenvalue weighted by molar-refractivity contribution is 9.10. The number of hydrogen-bond donors (Lipinski definition) is 1. The number of rotatable bonds is 5. The molecule has 190 valence electrons.